The second kappa shape index (κ2) is 8.30. The van der Waals surface area contributed by atoms with E-state index >= 15 is 0 Å². The van der Waals surface area contributed by atoms with Gasteiger partial charge in [-0.15, -0.1) is 0 Å². The van der Waals surface area contributed by atoms with Gasteiger partial charge in [-0.2, -0.15) is 0 Å². The summed E-state index contributed by atoms with van der Waals surface area (Å²) < 4.78 is 0. The fraction of sp³-hybridized carbons (Fsp3) is 0.944. The summed E-state index contributed by atoms with van der Waals surface area (Å²) in [5.74, 6) is 1.29. The summed E-state index contributed by atoms with van der Waals surface area (Å²) in [6.45, 7) is 8.39. The highest BCUT2D eigenvalue weighted by molar-refractivity contribution is 5.78. The molecule has 3 aliphatic rings. The Morgan fingerprint density at radius 2 is 1.32 bits per heavy atom. The largest absolute Gasteiger partial charge is 0.342 e. The Morgan fingerprint density at radius 1 is 0.727 bits per heavy atom. The van der Waals surface area contributed by atoms with E-state index in [1.54, 1.807) is 0 Å². The fourth-order valence-electron chi connectivity index (χ4n) is 4.30. The highest BCUT2D eigenvalue weighted by Gasteiger charge is 2.24. The maximum Gasteiger partial charge on any atom is 0.236 e. The van der Waals surface area contributed by atoms with Crippen LogP contribution in [-0.2, 0) is 4.79 Å². The fourth-order valence-corrected chi connectivity index (χ4v) is 4.30. The van der Waals surface area contributed by atoms with E-state index in [4.69, 9.17) is 0 Å². The molecule has 3 rings (SSSR count). The molecule has 1 saturated carbocycles. The summed E-state index contributed by atoms with van der Waals surface area (Å²) in [4.78, 5) is 19.3. The van der Waals surface area contributed by atoms with Crippen molar-refractivity contribution in [1.82, 2.24) is 14.7 Å². The Bertz CT molecular complexity index is 338. The molecule has 0 N–H and O–H groups in total. The van der Waals surface area contributed by atoms with Gasteiger partial charge in [0.05, 0.1) is 6.54 Å². The van der Waals surface area contributed by atoms with Crippen molar-refractivity contribution < 1.29 is 4.79 Å². The molecule has 0 radical (unpaired) electrons. The van der Waals surface area contributed by atoms with Crippen LogP contribution in [0.2, 0.25) is 0 Å². The molecule has 2 heterocycles. The standard InChI is InChI=1S/C18H33N3O/c22-18(21-9-5-6-10-21)16-20-13-11-19(12-14-20)15-17-7-3-1-2-4-8-17/h17H,1-16H2. The number of amides is 1. The van der Waals surface area contributed by atoms with Gasteiger partial charge in [-0.25, -0.2) is 0 Å². The first-order chi connectivity index (χ1) is 10.8. The minimum atomic E-state index is 0.356. The zero-order valence-electron chi connectivity index (χ0n) is 14.1. The van der Waals surface area contributed by atoms with Crippen molar-refractivity contribution in [3.8, 4) is 0 Å². The molecule has 22 heavy (non-hydrogen) atoms. The molecule has 0 aromatic carbocycles. The third kappa shape index (κ3) is 4.69. The van der Waals surface area contributed by atoms with Gasteiger partial charge < -0.3 is 9.80 Å². The van der Waals surface area contributed by atoms with E-state index in [2.05, 4.69) is 14.7 Å². The van der Waals surface area contributed by atoms with Crippen molar-refractivity contribution in [3.63, 3.8) is 0 Å². The van der Waals surface area contributed by atoms with Crippen LogP contribution >= 0.6 is 0 Å². The second-order valence-corrected chi connectivity index (χ2v) is 7.52. The first kappa shape index (κ1) is 16.3. The maximum atomic E-state index is 12.2. The Labute approximate surface area is 135 Å². The third-order valence-corrected chi connectivity index (χ3v) is 5.77. The average molecular weight is 307 g/mol. The van der Waals surface area contributed by atoms with Crippen molar-refractivity contribution >= 4 is 5.91 Å². The molecular formula is C18H33N3O. The minimum absolute atomic E-state index is 0.356. The summed E-state index contributed by atoms with van der Waals surface area (Å²) in [5, 5.41) is 0. The molecule has 0 bridgehead atoms. The smallest absolute Gasteiger partial charge is 0.236 e. The van der Waals surface area contributed by atoms with Crippen LogP contribution in [0.3, 0.4) is 0 Å². The van der Waals surface area contributed by atoms with E-state index in [0.717, 1.165) is 45.2 Å². The van der Waals surface area contributed by atoms with Crippen molar-refractivity contribution in [2.75, 3.05) is 52.4 Å². The number of likely N-dealkylation sites (tertiary alicyclic amines) is 1. The molecule has 0 atom stereocenters. The molecule has 1 aliphatic carbocycles. The number of carbonyl (C=O) groups is 1. The van der Waals surface area contributed by atoms with E-state index in [1.165, 1.54) is 57.9 Å². The Balaban J connectivity index is 1.35. The summed E-state index contributed by atoms with van der Waals surface area (Å²) in [5.41, 5.74) is 0. The van der Waals surface area contributed by atoms with Crippen LogP contribution in [0.15, 0.2) is 0 Å². The molecule has 0 spiro atoms. The molecule has 2 aliphatic heterocycles. The number of hydrogen-bond acceptors (Lipinski definition) is 3. The normalized spacial score (nSPS) is 26.3. The lowest BCUT2D eigenvalue weighted by molar-refractivity contribution is -0.131. The van der Waals surface area contributed by atoms with Crippen LogP contribution < -0.4 is 0 Å². The number of nitrogens with zero attached hydrogens (tertiary/aromatic N) is 3. The SMILES string of the molecule is O=C(CN1CCN(CC2CCCCCC2)CC1)N1CCCC1. The second-order valence-electron chi connectivity index (χ2n) is 7.52. The predicted octanol–water partition coefficient (Wildman–Crippen LogP) is 2.20. The highest BCUT2D eigenvalue weighted by atomic mass is 16.2. The quantitative estimate of drug-likeness (QED) is 0.745. The predicted molar refractivity (Wildman–Crippen MR) is 89.9 cm³/mol. The van der Waals surface area contributed by atoms with Crippen molar-refractivity contribution in [1.29, 1.82) is 0 Å². The van der Waals surface area contributed by atoms with Crippen molar-refractivity contribution in [3.05, 3.63) is 0 Å². The highest BCUT2D eigenvalue weighted by Crippen LogP contribution is 2.24. The third-order valence-electron chi connectivity index (χ3n) is 5.77. The van der Waals surface area contributed by atoms with Crippen LogP contribution in [0.1, 0.15) is 51.4 Å². The molecule has 3 fully saturated rings. The summed E-state index contributed by atoms with van der Waals surface area (Å²) in [6, 6.07) is 0. The van der Waals surface area contributed by atoms with Crippen molar-refractivity contribution in [2.45, 2.75) is 51.4 Å². The van der Waals surface area contributed by atoms with E-state index in [1.807, 2.05) is 0 Å². The van der Waals surface area contributed by atoms with Gasteiger partial charge in [-0.3, -0.25) is 9.69 Å². The van der Waals surface area contributed by atoms with Gasteiger partial charge in [0.1, 0.15) is 0 Å². The number of hydrogen-bond donors (Lipinski definition) is 0. The minimum Gasteiger partial charge on any atom is -0.342 e. The van der Waals surface area contributed by atoms with Gasteiger partial charge in [0.25, 0.3) is 0 Å². The summed E-state index contributed by atoms with van der Waals surface area (Å²) in [7, 11) is 0. The van der Waals surface area contributed by atoms with Crippen LogP contribution in [0.25, 0.3) is 0 Å². The molecule has 4 heteroatoms. The first-order valence-electron chi connectivity index (χ1n) is 9.54. The van der Waals surface area contributed by atoms with Crippen LogP contribution in [-0.4, -0.2) is 73.0 Å². The molecular weight excluding hydrogens is 274 g/mol. The average Bonchev–Trinajstić information content (AvgIpc) is 2.95. The number of piperazine rings is 1. The van der Waals surface area contributed by atoms with Gasteiger partial charge in [0.15, 0.2) is 0 Å². The molecule has 2 saturated heterocycles. The van der Waals surface area contributed by atoms with Gasteiger partial charge >= 0.3 is 0 Å². The molecule has 0 aromatic rings. The van der Waals surface area contributed by atoms with Crippen molar-refractivity contribution in [2.24, 2.45) is 5.92 Å². The van der Waals surface area contributed by atoms with E-state index in [-0.39, 0.29) is 0 Å². The Hall–Kier alpha value is -0.610. The zero-order valence-corrected chi connectivity index (χ0v) is 14.1. The summed E-state index contributed by atoms with van der Waals surface area (Å²) >= 11 is 0. The molecule has 1 amide bonds. The van der Waals surface area contributed by atoms with Gasteiger partial charge in [-0.1, -0.05) is 25.7 Å². The number of rotatable bonds is 4. The Morgan fingerprint density at radius 3 is 1.95 bits per heavy atom. The summed E-state index contributed by atoms with van der Waals surface area (Å²) in [6.07, 6.45) is 11.0. The Kier molecular flexibility index (Phi) is 6.13. The van der Waals surface area contributed by atoms with Gasteiger partial charge in [-0.05, 0) is 31.6 Å². The number of carbonyl (C=O) groups excluding carboxylic acids is 1. The topological polar surface area (TPSA) is 26.8 Å². The zero-order chi connectivity index (χ0) is 15.2. The molecule has 0 aromatic heterocycles. The van der Waals surface area contributed by atoms with Gasteiger partial charge in [0.2, 0.25) is 5.91 Å². The van der Waals surface area contributed by atoms with E-state index < -0.39 is 0 Å². The lowest BCUT2D eigenvalue weighted by Gasteiger charge is -2.36. The van der Waals surface area contributed by atoms with Crippen LogP contribution in [0.5, 0.6) is 0 Å². The van der Waals surface area contributed by atoms with Crippen LogP contribution in [0.4, 0.5) is 0 Å². The van der Waals surface area contributed by atoms with E-state index in [9.17, 15) is 4.79 Å². The lowest BCUT2D eigenvalue weighted by atomic mass is 9.99. The molecule has 0 unspecified atom stereocenters. The molecule has 126 valence electrons. The maximum absolute atomic E-state index is 12.2. The molecule has 4 nitrogen and oxygen atoms in total. The monoisotopic (exact) mass is 307 g/mol. The van der Waals surface area contributed by atoms with Gasteiger partial charge in [0, 0.05) is 45.8 Å². The first-order valence-corrected chi connectivity index (χ1v) is 9.54. The van der Waals surface area contributed by atoms with E-state index in [0.29, 0.717) is 12.5 Å². The van der Waals surface area contributed by atoms with Crippen LogP contribution in [0, 0.1) is 5.92 Å². The lowest BCUT2D eigenvalue weighted by Crippen LogP contribution is -2.50.